The van der Waals surface area contributed by atoms with Gasteiger partial charge < -0.3 is 10.6 Å². The van der Waals surface area contributed by atoms with Crippen molar-refractivity contribution in [3.8, 4) is 0 Å². The van der Waals surface area contributed by atoms with E-state index in [1.54, 1.807) is 42.5 Å². The van der Waals surface area contributed by atoms with Gasteiger partial charge in [0.05, 0.1) is 0 Å². The van der Waals surface area contributed by atoms with E-state index in [1.165, 1.54) is 0 Å². The van der Waals surface area contributed by atoms with Crippen molar-refractivity contribution in [3.63, 3.8) is 0 Å². The van der Waals surface area contributed by atoms with E-state index in [0.29, 0.717) is 33.1 Å². The van der Waals surface area contributed by atoms with E-state index in [1.807, 2.05) is 31.2 Å². The molecule has 3 aromatic carbocycles. The molecule has 1 aliphatic rings. The van der Waals surface area contributed by atoms with Crippen molar-refractivity contribution in [1.29, 1.82) is 0 Å². The smallest absolute Gasteiger partial charge is 0.194 e. The number of benzene rings is 3. The van der Waals surface area contributed by atoms with Gasteiger partial charge in [-0.25, -0.2) is 0 Å². The number of aryl methyl sites for hydroxylation is 1. The lowest BCUT2D eigenvalue weighted by Crippen LogP contribution is -2.22. The molecule has 0 saturated heterocycles. The first-order valence-electron chi connectivity index (χ1n) is 8.50. The molecule has 1 aliphatic carbocycles. The summed E-state index contributed by atoms with van der Waals surface area (Å²) in [5.74, 6) is -0.284. The second-order valence-corrected chi connectivity index (χ2v) is 6.82. The summed E-state index contributed by atoms with van der Waals surface area (Å²) in [4.78, 5) is 25.4. The van der Waals surface area contributed by atoms with Gasteiger partial charge in [-0.15, -0.1) is 0 Å². The van der Waals surface area contributed by atoms with Crippen LogP contribution in [-0.2, 0) is 0 Å². The van der Waals surface area contributed by atoms with Gasteiger partial charge in [-0.2, -0.15) is 0 Å². The summed E-state index contributed by atoms with van der Waals surface area (Å²) < 4.78 is 0. The van der Waals surface area contributed by atoms with Crippen molar-refractivity contribution in [1.82, 2.24) is 0 Å². The van der Waals surface area contributed by atoms with Crippen molar-refractivity contribution in [2.75, 3.05) is 10.6 Å². The van der Waals surface area contributed by atoms with Crippen LogP contribution in [0.5, 0.6) is 0 Å². The Morgan fingerprint density at radius 2 is 1.22 bits per heavy atom. The molecule has 5 heteroatoms. The van der Waals surface area contributed by atoms with Crippen LogP contribution in [0.4, 0.5) is 11.4 Å². The molecule has 0 aromatic heterocycles. The van der Waals surface area contributed by atoms with Crippen LogP contribution in [0.15, 0.2) is 66.7 Å². The number of ketones is 2. The van der Waals surface area contributed by atoms with E-state index in [4.69, 9.17) is 12.2 Å². The van der Waals surface area contributed by atoms with Crippen molar-refractivity contribution in [2.45, 2.75) is 6.92 Å². The van der Waals surface area contributed by atoms with Crippen LogP contribution in [-0.4, -0.2) is 16.7 Å². The van der Waals surface area contributed by atoms with E-state index < -0.39 is 0 Å². The lowest BCUT2D eigenvalue weighted by Gasteiger charge is -2.18. The molecule has 4 nitrogen and oxygen atoms in total. The Labute approximate surface area is 162 Å². The second kappa shape index (κ2) is 6.78. The molecule has 0 unspecified atom stereocenters. The molecule has 0 radical (unpaired) electrons. The number of anilines is 2. The third-order valence-corrected chi connectivity index (χ3v) is 4.70. The first kappa shape index (κ1) is 17.1. The van der Waals surface area contributed by atoms with E-state index in [2.05, 4.69) is 10.6 Å². The van der Waals surface area contributed by atoms with Gasteiger partial charge in [0, 0.05) is 33.6 Å². The first-order chi connectivity index (χ1) is 13.0. The maximum atomic E-state index is 12.8. The van der Waals surface area contributed by atoms with Crippen LogP contribution < -0.4 is 10.6 Å². The minimum absolute atomic E-state index is 0.132. The van der Waals surface area contributed by atoms with Crippen molar-refractivity contribution >= 4 is 40.3 Å². The lowest BCUT2D eigenvalue weighted by molar-refractivity contribution is 0.0979. The molecule has 0 atom stereocenters. The molecular formula is C22H16N2O2S. The van der Waals surface area contributed by atoms with Gasteiger partial charge in [-0.1, -0.05) is 42.0 Å². The van der Waals surface area contributed by atoms with E-state index >= 15 is 0 Å². The number of rotatable bonds is 2. The Balaban J connectivity index is 1.58. The highest BCUT2D eigenvalue weighted by molar-refractivity contribution is 7.80. The van der Waals surface area contributed by atoms with E-state index in [9.17, 15) is 9.59 Å². The fourth-order valence-corrected chi connectivity index (χ4v) is 3.34. The third-order valence-electron chi connectivity index (χ3n) is 4.49. The molecule has 0 saturated carbocycles. The average molecular weight is 372 g/mol. The molecule has 4 rings (SSSR count). The fraction of sp³-hybridized carbons (Fsp3) is 0.0455. The van der Waals surface area contributed by atoms with Crippen LogP contribution in [0.25, 0.3) is 0 Å². The van der Waals surface area contributed by atoms with Gasteiger partial charge in [0.1, 0.15) is 0 Å². The zero-order valence-corrected chi connectivity index (χ0v) is 15.4. The second-order valence-electron chi connectivity index (χ2n) is 6.41. The maximum absolute atomic E-state index is 12.8. The SMILES string of the molecule is Cc1ccc(NC(=S)Nc2ccc3c(c2)C(=O)c2ccccc2C3=O)cc1. The number of hydrogen-bond acceptors (Lipinski definition) is 3. The highest BCUT2D eigenvalue weighted by Crippen LogP contribution is 2.29. The molecule has 0 fully saturated rings. The summed E-state index contributed by atoms with van der Waals surface area (Å²) in [5.41, 5.74) is 4.39. The van der Waals surface area contributed by atoms with Crippen molar-refractivity contribution in [3.05, 3.63) is 94.5 Å². The Morgan fingerprint density at radius 1 is 0.704 bits per heavy atom. The number of fused-ring (bicyclic) bond motifs is 2. The van der Waals surface area contributed by atoms with Crippen molar-refractivity contribution in [2.24, 2.45) is 0 Å². The predicted octanol–water partition coefficient (Wildman–Crippen LogP) is 4.58. The molecule has 2 N–H and O–H groups in total. The van der Waals surface area contributed by atoms with Crippen LogP contribution in [0, 0.1) is 6.92 Å². The van der Waals surface area contributed by atoms with Gasteiger partial charge in [0.25, 0.3) is 0 Å². The lowest BCUT2D eigenvalue weighted by atomic mass is 9.84. The minimum atomic E-state index is -0.152. The normalized spacial score (nSPS) is 12.2. The summed E-state index contributed by atoms with van der Waals surface area (Å²) in [5, 5.41) is 6.58. The highest BCUT2D eigenvalue weighted by atomic mass is 32.1. The molecule has 27 heavy (non-hydrogen) atoms. The van der Waals surface area contributed by atoms with Crippen molar-refractivity contribution < 1.29 is 9.59 Å². The fourth-order valence-electron chi connectivity index (χ4n) is 3.11. The molecule has 0 aliphatic heterocycles. The topological polar surface area (TPSA) is 58.2 Å². The standard InChI is InChI=1S/C22H16N2O2S/c1-13-6-8-14(9-7-13)23-22(27)24-15-10-11-18-19(12-15)21(26)17-5-3-2-4-16(17)20(18)25/h2-12H,1H3,(H2,23,24,27). The highest BCUT2D eigenvalue weighted by Gasteiger charge is 2.29. The summed E-state index contributed by atoms with van der Waals surface area (Å²) in [6, 6.07) is 19.9. The summed E-state index contributed by atoms with van der Waals surface area (Å²) in [7, 11) is 0. The largest absolute Gasteiger partial charge is 0.332 e. The molecule has 0 amide bonds. The Bertz CT molecular complexity index is 1090. The minimum Gasteiger partial charge on any atom is -0.332 e. The summed E-state index contributed by atoms with van der Waals surface area (Å²) in [6.07, 6.45) is 0. The Kier molecular flexibility index (Phi) is 4.30. The van der Waals surface area contributed by atoms with Gasteiger partial charge in [0.15, 0.2) is 16.7 Å². The average Bonchev–Trinajstić information content (AvgIpc) is 2.68. The van der Waals surface area contributed by atoms with Gasteiger partial charge in [-0.05, 0) is 49.5 Å². The molecule has 0 bridgehead atoms. The molecule has 132 valence electrons. The molecular weight excluding hydrogens is 356 g/mol. The number of thiocarbonyl (C=S) groups is 1. The van der Waals surface area contributed by atoms with Crippen LogP contribution in [0.2, 0.25) is 0 Å². The summed E-state index contributed by atoms with van der Waals surface area (Å²) in [6.45, 7) is 2.02. The van der Waals surface area contributed by atoms with Gasteiger partial charge >= 0.3 is 0 Å². The summed E-state index contributed by atoms with van der Waals surface area (Å²) >= 11 is 5.35. The number of nitrogens with one attached hydrogen (secondary N) is 2. The molecule has 3 aromatic rings. The quantitative estimate of drug-likeness (QED) is 0.505. The van der Waals surface area contributed by atoms with Crippen LogP contribution in [0.3, 0.4) is 0 Å². The number of carbonyl (C=O) groups is 2. The van der Waals surface area contributed by atoms with Gasteiger partial charge in [0.2, 0.25) is 0 Å². The van der Waals surface area contributed by atoms with Crippen LogP contribution >= 0.6 is 12.2 Å². The van der Waals surface area contributed by atoms with Gasteiger partial charge in [-0.3, -0.25) is 9.59 Å². The third kappa shape index (κ3) is 3.25. The first-order valence-corrected chi connectivity index (χ1v) is 8.91. The zero-order valence-electron chi connectivity index (χ0n) is 14.6. The van der Waals surface area contributed by atoms with E-state index in [0.717, 1.165) is 11.3 Å². The number of hydrogen-bond donors (Lipinski definition) is 2. The zero-order chi connectivity index (χ0) is 19.0. The van der Waals surface area contributed by atoms with Crippen LogP contribution in [0.1, 0.15) is 37.4 Å². The Hall–Kier alpha value is -3.31. The molecule has 0 heterocycles. The monoisotopic (exact) mass is 372 g/mol. The maximum Gasteiger partial charge on any atom is 0.194 e. The number of carbonyl (C=O) groups excluding carboxylic acids is 2. The van der Waals surface area contributed by atoms with E-state index in [-0.39, 0.29) is 11.6 Å². The molecule has 0 spiro atoms. The Morgan fingerprint density at radius 3 is 1.89 bits per heavy atom. The predicted molar refractivity (Wildman–Crippen MR) is 111 cm³/mol.